The van der Waals surface area contributed by atoms with Crippen molar-refractivity contribution >= 4 is 23.2 Å². The number of hydrogen-bond donors (Lipinski definition) is 2. The van der Waals surface area contributed by atoms with E-state index >= 15 is 0 Å². The number of nitrogens with one attached hydrogen (secondary N) is 1. The molecule has 0 aliphatic rings. The van der Waals surface area contributed by atoms with Crippen LogP contribution in [0.1, 0.15) is 21.5 Å². The van der Waals surface area contributed by atoms with Gasteiger partial charge in [-0.1, -0.05) is 17.7 Å². The van der Waals surface area contributed by atoms with E-state index in [1.807, 2.05) is 0 Å². The lowest BCUT2D eigenvalue weighted by molar-refractivity contribution is 0.102. The molecule has 0 unspecified atom stereocenters. The average Bonchev–Trinajstić information content (AvgIpc) is 2.30. The maximum absolute atomic E-state index is 12.3. The quantitative estimate of drug-likeness (QED) is 0.877. The first kappa shape index (κ1) is 13.4. The number of phenols is 1. The minimum absolute atomic E-state index is 0.151. The molecule has 2 N–H and O–H groups in total. The number of rotatable bonds is 2. The van der Waals surface area contributed by atoms with E-state index in [9.17, 15) is 9.90 Å². The van der Waals surface area contributed by atoms with E-state index in [1.165, 1.54) is 0 Å². The van der Waals surface area contributed by atoms with Gasteiger partial charge in [-0.15, -0.1) is 0 Å². The first-order valence-electron chi connectivity index (χ1n) is 5.76. The molecule has 0 fully saturated rings. The van der Waals surface area contributed by atoms with Gasteiger partial charge in [-0.05, 0) is 55.3 Å². The number of anilines is 1. The Morgan fingerprint density at radius 2 is 1.95 bits per heavy atom. The molecule has 0 saturated heterocycles. The van der Waals surface area contributed by atoms with E-state index < -0.39 is 0 Å². The van der Waals surface area contributed by atoms with Crippen LogP contribution >= 0.6 is 11.6 Å². The number of phenolic OH excluding ortho intramolecular Hbond substituents is 1. The lowest BCUT2D eigenvalue weighted by Crippen LogP contribution is -2.15. The molecule has 97 valence electrons. The number of benzene rings is 2. The average molecular weight is 275 g/mol. The summed E-state index contributed by atoms with van der Waals surface area (Å²) in [4.78, 5) is 12.3. The van der Waals surface area contributed by atoms with Crippen LogP contribution in [-0.2, 0) is 0 Å². The standard InChI is InChI=1S/C15H13ClNO2/c1-9-7-11(18)8-10(2)14(9)15(19)17-13-6-4-3-5-12(13)16/h3,5-8,18H,1-2H3,(H,17,19). The van der Waals surface area contributed by atoms with Gasteiger partial charge >= 0.3 is 0 Å². The van der Waals surface area contributed by atoms with E-state index in [0.717, 1.165) is 0 Å². The molecule has 19 heavy (non-hydrogen) atoms. The Labute approximate surface area is 116 Å². The van der Waals surface area contributed by atoms with Gasteiger partial charge in [0.1, 0.15) is 5.75 Å². The van der Waals surface area contributed by atoms with Crippen molar-refractivity contribution in [1.29, 1.82) is 0 Å². The fourth-order valence-electron chi connectivity index (χ4n) is 1.99. The molecular weight excluding hydrogens is 262 g/mol. The van der Waals surface area contributed by atoms with E-state index in [4.69, 9.17) is 11.6 Å². The van der Waals surface area contributed by atoms with E-state index in [-0.39, 0.29) is 11.7 Å². The summed E-state index contributed by atoms with van der Waals surface area (Å²) in [7, 11) is 0. The molecule has 4 heteroatoms. The van der Waals surface area contributed by atoms with Crippen molar-refractivity contribution < 1.29 is 9.90 Å². The van der Waals surface area contributed by atoms with Gasteiger partial charge in [0.25, 0.3) is 5.91 Å². The minimum atomic E-state index is -0.253. The molecule has 2 aromatic carbocycles. The molecule has 0 bridgehead atoms. The lowest BCUT2D eigenvalue weighted by atomic mass is 10.0. The Morgan fingerprint density at radius 1 is 1.32 bits per heavy atom. The molecule has 0 aliphatic heterocycles. The first-order chi connectivity index (χ1) is 8.99. The third-order valence-electron chi connectivity index (χ3n) is 2.80. The van der Waals surface area contributed by atoms with Gasteiger partial charge < -0.3 is 10.4 Å². The number of carbonyl (C=O) groups excluding carboxylic acids is 1. The second-order valence-electron chi connectivity index (χ2n) is 4.31. The van der Waals surface area contributed by atoms with Crippen LogP contribution in [0.5, 0.6) is 5.75 Å². The zero-order chi connectivity index (χ0) is 14.0. The summed E-state index contributed by atoms with van der Waals surface area (Å²) in [6, 6.07) is 10.9. The predicted molar refractivity (Wildman–Crippen MR) is 75.8 cm³/mol. The zero-order valence-corrected chi connectivity index (χ0v) is 11.4. The third kappa shape index (κ3) is 2.88. The summed E-state index contributed by atoms with van der Waals surface area (Å²) < 4.78 is 0. The van der Waals surface area contributed by atoms with Crippen molar-refractivity contribution in [1.82, 2.24) is 0 Å². The number of aromatic hydroxyl groups is 1. The summed E-state index contributed by atoms with van der Waals surface area (Å²) in [6.07, 6.45) is 0. The largest absolute Gasteiger partial charge is 0.508 e. The van der Waals surface area contributed by atoms with Gasteiger partial charge in [-0.2, -0.15) is 0 Å². The van der Waals surface area contributed by atoms with Crippen molar-refractivity contribution in [2.45, 2.75) is 13.8 Å². The lowest BCUT2D eigenvalue weighted by Gasteiger charge is -2.12. The summed E-state index contributed by atoms with van der Waals surface area (Å²) in [6.45, 7) is 3.56. The normalized spacial score (nSPS) is 10.3. The van der Waals surface area contributed by atoms with Crippen LogP contribution in [0.25, 0.3) is 0 Å². The molecule has 0 aliphatic carbocycles. The number of halogens is 1. The van der Waals surface area contributed by atoms with Crippen LogP contribution < -0.4 is 5.32 Å². The fourth-order valence-corrected chi connectivity index (χ4v) is 2.16. The Bertz CT molecular complexity index is 615. The minimum Gasteiger partial charge on any atom is -0.508 e. The van der Waals surface area contributed by atoms with Crippen molar-refractivity contribution in [2.75, 3.05) is 5.32 Å². The Hall–Kier alpha value is -2.00. The summed E-state index contributed by atoms with van der Waals surface area (Å²) in [5.41, 5.74) is 2.48. The molecule has 1 radical (unpaired) electrons. The highest BCUT2D eigenvalue weighted by molar-refractivity contribution is 6.33. The topological polar surface area (TPSA) is 49.3 Å². The van der Waals surface area contributed by atoms with Gasteiger partial charge in [0.05, 0.1) is 10.7 Å². The summed E-state index contributed by atoms with van der Waals surface area (Å²) in [5.74, 6) is -0.103. The van der Waals surface area contributed by atoms with E-state index in [2.05, 4.69) is 11.4 Å². The molecule has 0 spiro atoms. The van der Waals surface area contributed by atoms with Crippen LogP contribution in [0.3, 0.4) is 0 Å². The number of aryl methyl sites for hydroxylation is 2. The molecule has 1 amide bonds. The highest BCUT2D eigenvalue weighted by atomic mass is 35.5. The Morgan fingerprint density at radius 3 is 2.53 bits per heavy atom. The highest BCUT2D eigenvalue weighted by Gasteiger charge is 2.14. The van der Waals surface area contributed by atoms with Crippen molar-refractivity contribution in [3.05, 3.63) is 58.1 Å². The van der Waals surface area contributed by atoms with Gasteiger partial charge in [0.2, 0.25) is 0 Å². The molecule has 2 aromatic rings. The third-order valence-corrected chi connectivity index (χ3v) is 3.13. The molecule has 0 heterocycles. The van der Waals surface area contributed by atoms with E-state index in [1.54, 1.807) is 44.2 Å². The van der Waals surface area contributed by atoms with Crippen LogP contribution in [0.15, 0.2) is 30.3 Å². The SMILES string of the molecule is Cc1cc(O)cc(C)c1C(=O)Nc1c[c]ccc1Cl. The highest BCUT2D eigenvalue weighted by Crippen LogP contribution is 2.24. The predicted octanol–water partition coefficient (Wildman–Crippen LogP) is 3.71. The zero-order valence-electron chi connectivity index (χ0n) is 10.6. The number of hydrogen-bond acceptors (Lipinski definition) is 2. The first-order valence-corrected chi connectivity index (χ1v) is 6.14. The van der Waals surface area contributed by atoms with E-state index in [0.29, 0.717) is 27.4 Å². The van der Waals surface area contributed by atoms with Gasteiger partial charge in [-0.25, -0.2) is 0 Å². The van der Waals surface area contributed by atoms with Gasteiger partial charge in [0, 0.05) is 5.56 Å². The molecule has 0 aromatic heterocycles. The number of amides is 1. The smallest absolute Gasteiger partial charge is 0.256 e. The molecule has 2 rings (SSSR count). The summed E-state index contributed by atoms with van der Waals surface area (Å²) in [5, 5.41) is 12.7. The molecule has 3 nitrogen and oxygen atoms in total. The van der Waals surface area contributed by atoms with Crippen LogP contribution in [0, 0.1) is 19.9 Å². The molecule has 0 atom stereocenters. The second-order valence-corrected chi connectivity index (χ2v) is 4.72. The van der Waals surface area contributed by atoms with Crippen LogP contribution in [0.2, 0.25) is 5.02 Å². The Kier molecular flexibility index (Phi) is 3.76. The fraction of sp³-hybridized carbons (Fsp3) is 0.133. The van der Waals surface area contributed by atoms with Crippen molar-refractivity contribution in [2.24, 2.45) is 0 Å². The number of carbonyl (C=O) groups is 1. The summed E-state index contributed by atoms with van der Waals surface area (Å²) >= 11 is 5.99. The van der Waals surface area contributed by atoms with Crippen LogP contribution in [0.4, 0.5) is 5.69 Å². The van der Waals surface area contributed by atoms with Gasteiger partial charge in [-0.3, -0.25) is 4.79 Å². The van der Waals surface area contributed by atoms with Gasteiger partial charge in [0.15, 0.2) is 0 Å². The second kappa shape index (κ2) is 5.33. The van der Waals surface area contributed by atoms with Crippen molar-refractivity contribution in [3.63, 3.8) is 0 Å². The monoisotopic (exact) mass is 274 g/mol. The van der Waals surface area contributed by atoms with Crippen molar-refractivity contribution in [3.8, 4) is 5.75 Å². The Balaban J connectivity index is 2.34. The maximum Gasteiger partial charge on any atom is 0.256 e. The van der Waals surface area contributed by atoms with Crippen LogP contribution in [-0.4, -0.2) is 11.0 Å². The molecule has 0 saturated carbocycles. The molecular formula is C15H13ClNO2. The maximum atomic E-state index is 12.3.